The maximum Gasteiger partial charge on any atom is 0.317 e. The van der Waals surface area contributed by atoms with Gasteiger partial charge in [0.25, 0.3) is 0 Å². The summed E-state index contributed by atoms with van der Waals surface area (Å²) in [5, 5.41) is 3.08. The van der Waals surface area contributed by atoms with E-state index in [0.717, 1.165) is 38.9 Å². The van der Waals surface area contributed by atoms with Crippen molar-refractivity contribution in [2.24, 2.45) is 5.92 Å². The minimum Gasteiger partial charge on any atom is -0.367 e. The molecule has 8 heteroatoms. The predicted octanol–water partition coefficient (Wildman–Crippen LogP) is 3.88. The summed E-state index contributed by atoms with van der Waals surface area (Å²) >= 11 is 0. The fraction of sp³-hybridized carbons (Fsp3) is 0.520. The molecular formula is C25H33F2N5O. The second-order valence-corrected chi connectivity index (χ2v) is 9.18. The van der Waals surface area contributed by atoms with E-state index in [9.17, 15) is 13.6 Å². The zero-order valence-corrected chi connectivity index (χ0v) is 19.2. The van der Waals surface area contributed by atoms with Crippen molar-refractivity contribution in [2.75, 3.05) is 44.2 Å². The lowest BCUT2D eigenvalue weighted by atomic mass is 9.93. The first kappa shape index (κ1) is 23.4. The number of hydrogen-bond donors (Lipinski definition) is 1. The smallest absolute Gasteiger partial charge is 0.317 e. The number of hydrogen-bond acceptors (Lipinski definition) is 4. The van der Waals surface area contributed by atoms with Gasteiger partial charge < -0.3 is 15.1 Å². The first-order chi connectivity index (χ1) is 16.0. The SMILES string of the molecule is C[C@@H]1CN(c2cc(F)nc(F)c2)CCN1C(=O)NCCC1CCN(Cc2ccccc2)CC1. The molecule has 0 saturated carbocycles. The number of piperidine rings is 1. The molecule has 178 valence electrons. The molecule has 2 saturated heterocycles. The number of aromatic nitrogens is 1. The number of anilines is 1. The summed E-state index contributed by atoms with van der Waals surface area (Å²) in [5.74, 6) is -1.02. The van der Waals surface area contributed by atoms with Crippen molar-refractivity contribution in [1.29, 1.82) is 0 Å². The van der Waals surface area contributed by atoms with Crippen LogP contribution in [0.5, 0.6) is 0 Å². The Bertz CT molecular complexity index is 900. The second-order valence-electron chi connectivity index (χ2n) is 9.18. The van der Waals surface area contributed by atoms with Crippen LogP contribution in [0.4, 0.5) is 19.3 Å². The summed E-state index contributed by atoms with van der Waals surface area (Å²) in [5.41, 5.74) is 1.82. The van der Waals surface area contributed by atoms with Gasteiger partial charge in [0.15, 0.2) is 0 Å². The fourth-order valence-electron chi connectivity index (χ4n) is 4.89. The van der Waals surface area contributed by atoms with Crippen LogP contribution in [0.1, 0.15) is 31.7 Å². The van der Waals surface area contributed by atoms with Gasteiger partial charge in [-0.2, -0.15) is 13.8 Å². The van der Waals surface area contributed by atoms with Gasteiger partial charge in [0.2, 0.25) is 11.9 Å². The molecule has 1 atom stereocenters. The Labute approximate surface area is 194 Å². The number of piperazine rings is 1. The molecule has 1 aromatic heterocycles. The lowest BCUT2D eigenvalue weighted by molar-refractivity contribution is 0.162. The third-order valence-electron chi connectivity index (χ3n) is 6.79. The third kappa shape index (κ3) is 6.41. The summed E-state index contributed by atoms with van der Waals surface area (Å²) in [6.45, 7) is 7.41. The molecule has 0 spiro atoms. The number of nitrogens with one attached hydrogen (secondary N) is 1. The quantitative estimate of drug-likeness (QED) is 0.669. The Morgan fingerprint density at radius 3 is 2.42 bits per heavy atom. The molecule has 0 aliphatic carbocycles. The highest BCUT2D eigenvalue weighted by atomic mass is 19.1. The van der Waals surface area contributed by atoms with Crippen molar-refractivity contribution in [2.45, 2.75) is 38.8 Å². The molecular weight excluding hydrogens is 424 g/mol. The number of likely N-dealkylation sites (tertiary alicyclic amines) is 1. The van der Waals surface area contributed by atoms with Crippen molar-refractivity contribution in [3.8, 4) is 0 Å². The zero-order valence-electron chi connectivity index (χ0n) is 19.2. The van der Waals surface area contributed by atoms with Crippen molar-refractivity contribution in [3.63, 3.8) is 0 Å². The van der Waals surface area contributed by atoms with E-state index in [1.165, 1.54) is 17.7 Å². The van der Waals surface area contributed by atoms with E-state index in [-0.39, 0.29) is 12.1 Å². The largest absolute Gasteiger partial charge is 0.367 e. The van der Waals surface area contributed by atoms with E-state index >= 15 is 0 Å². The van der Waals surface area contributed by atoms with Crippen LogP contribution in [0.15, 0.2) is 42.5 Å². The number of carbonyl (C=O) groups is 1. The molecule has 2 amide bonds. The maximum absolute atomic E-state index is 13.4. The number of rotatable bonds is 6. The van der Waals surface area contributed by atoms with Crippen LogP contribution in [0.25, 0.3) is 0 Å². The Kier molecular flexibility index (Phi) is 7.75. The summed E-state index contributed by atoms with van der Waals surface area (Å²) < 4.78 is 26.9. The first-order valence-corrected chi connectivity index (χ1v) is 11.9. The van der Waals surface area contributed by atoms with Gasteiger partial charge >= 0.3 is 6.03 Å². The minimum atomic E-state index is -0.830. The van der Waals surface area contributed by atoms with E-state index in [1.54, 1.807) is 0 Å². The van der Waals surface area contributed by atoms with Gasteiger partial charge in [0.1, 0.15) is 0 Å². The molecule has 1 aromatic carbocycles. The van der Waals surface area contributed by atoms with E-state index in [0.29, 0.717) is 37.8 Å². The van der Waals surface area contributed by atoms with Gasteiger partial charge in [0.05, 0.1) is 0 Å². The molecule has 6 nitrogen and oxygen atoms in total. The Morgan fingerprint density at radius 2 is 1.76 bits per heavy atom. The van der Waals surface area contributed by atoms with Crippen LogP contribution < -0.4 is 10.2 Å². The number of nitrogens with zero attached hydrogens (tertiary/aromatic N) is 4. The van der Waals surface area contributed by atoms with E-state index < -0.39 is 11.9 Å². The minimum absolute atomic E-state index is 0.0562. The number of urea groups is 1. The van der Waals surface area contributed by atoms with Crippen LogP contribution in [0, 0.1) is 17.8 Å². The number of benzene rings is 1. The van der Waals surface area contributed by atoms with Crippen molar-refractivity contribution < 1.29 is 13.6 Å². The average Bonchev–Trinajstić information content (AvgIpc) is 2.80. The molecule has 0 radical (unpaired) electrons. The van der Waals surface area contributed by atoms with Crippen LogP contribution in [0.2, 0.25) is 0 Å². The van der Waals surface area contributed by atoms with E-state index in [1.807, 2.05) is 22.8 Å². The highest BCUT2D eigenvalue weighted by molar-refractivity contribution is 5.75. The van der Waals surface area contributed by atoms with E-state index in [2.05, 4.69) is 39.5 Å². The Morgan fingerprint density at radius 1 is 1.06 bits per heavy atom. The molecule has 3 heterocycles. The van der Waals surface area contributed by atoms with Gasteiger partial charge in [-0.15, -0.1) is 0 Å². The topological polar surface area (TPSA) is 51.7 Å². The lowest BCUT2D eigenvalue weighted by Gasteiger charge is -2.41. The summed E-state index contributed by atoms with van der Waals surface area (Å²) in [6.07, 6.45) is 3.32. The maximum atomic E-state index is 13.4. The molecule has 33 heavy (non-hydrogen) atoms. The zero-order chi connectivity index (χ0) is 23.2. The summed E-state index contributed by atoms with van der Waals surface area (Å²) in [4.78, 5) is 22.1. The first-order valence-electron chi connectivity index (χ1n) is 11.9. The van der Waals surface area contributed by atoms with Gasteiger partial charge in [-0.3, -0.25) is 4.90 Å². The standard InChI is InChI=1S/C25H33F2N5O/c1-19-17-31(22-15-23(26)29-24(27)16-22)13-14-32(19)25(33)28-10-7-20-8-11-30(12-9-20)18-21-5-3-2-4-6-21/h2-6,15-16,19-20H,7-14,17-18H2,1H3,(H,28,33)/t19-/m1/s1. The van der Waals surface area contributed by atoms with Gasteiger partial charge in [-0.05, 0) is 50.8 Å². The van der Waals surface area contributed by atoms with Gasteiger partial charge in [0, 0.05) is 56.6 Å². The molecule has 2 fully saturated rings. The van der Waals surface area contributed by atoms with Crippen molar-refractivity contribution in [1.82, 2.24) is 20.1 Å². The van der Waals surface area contributed by atoms with Crippen molar-refractivity contribution in [3.05, 3.63) is 59.9 Å². The number of halogens is 2. The number of carbonyl (C=O) groups excluding carboxylic acids is 1. The second kappa shape index (κ2) is 10.9. The molecule has 1 N–H and O–H groups in total. The normalized spacial score (nSPS) is 20.2. The molecule has 2 aliphatic heterocycles. The molecule has 2 aliphatic rings. The predicted molar refractivity (Wildman–Crippen MR) is 125 cm³/mol. The van der Waals surface area contributed by atoms with Crippen LogP contribution >= 0.6 is 0 Å². The van der Waals surface area contributed by atoms with Crippen LogP contribution in [-0.4, -0.2) is 66.1 Å². The fourth-order valence-corrected chi connectivity index (χ4v) is 4.89. The highest BCUT2D eigenvalue weighted by Crippen LogP contribution is 2.22. The van der Waals surface area contributed by atoms with Crippen molar-refractivity contribution >= 4 is 11.7 Å². The molecule has 2 aromatic rings. The lowest BCUT2D eigenvalue weighted by Crippen LogP contribution is -2.56. The van der Waals surface area contributed by atoms with Gasteiger partial charge in [-0.1, -0.05) is 30.3 Å². The van der Waals surface area contributed by atoms with Crippen LogP contribution in [0.3, 0.4) is 0 Å². The average molecular weight is 458 g/mol. The molecule has 4 rings (SSSR count). The number of amides is 2. The van der Waals surface area contributed by atoms with E-state index in [4.69, 9.17) is 0 Å². The number of pyridine rings is 1. The Hall–Kier alpha value is -2.74. The molecule has 0 unspecified atom stereocenters. The highest BCUT2D eigenvalue weighted by Gasteiger charge is 2.28. The Balaban J connectivity index is 1.16. The summed E-state index contributed by atoms with van der Waals surface area (Å²) in [7, 11) is 0. The van der Waals surface area contributed by atoms with Crippen LogP contribution in [-0.2, 0) is 6.54 Å². The monoisotopic (exact) mass is 457 g/mol. The third-order valence-corrected chi connectivity index (χ3v) is 6.79. The van der Waals surface area contributed by atoms with Gasteiger partial charge in [-0.25, -0.2) is 4.79 Å². The summed E-state index contributed by atoms with van der Waals surface area (Å²) in [6, 6.07) is 12.9. The molecule has 0 bridgehead atoms.